The standard InChI is InChI=1S/C22H29ClN4O2/c1-15(2)11-25(12-16(3)4)13-18-10-24-21-22(28)26(14-20(23)27(18)21)17-6-8-19(29-5)9-7-17/h6-10,14-16H,11-13H2,1-5H3. The maximum absolute atomic E-state index is 13.1. The summed E-state index contributed by atoms with van der Waals surface area (Å²) in [5.41, 5.74) is 1.76. The molecular weight excluding hydrogens is 388 g/mol. The summed E-state index contributed by atoms with van der Waals surface area (Å²) in [6.07, 6.45) is 3.41. The molecule has 29 heavy (non-hydrogen) atoms. The summed E-state index contributed by atoms with van der Waals surface area (Å²) in [7, 11) is 1.61. The molecule has 0 amide bonds. The van der Waals surface area contributed by atoms with E-state index >= 15 is 0 Å². The average Bonchev–Trinajstić information content (AvgIpc) is 3.08. The number of fused-ring (bicyclic) bond motifs is 1. The molecule has 1 aromatic carbocycles. The van der Waals surface area contributed by atoms with Gasteiger partial charge in [-0.25, -0.2) is 4.98 Å². The van der Waals surface area contributed by atoms with Gasteiger partial charge in [0, 0.05) is 31.5 Å². The van der Waals surface area contributed by atoms with Crippen LogP contribution in [0.2, 0.25) is 5.15 Å². The van der Waals surface area contributed by atoms with Gasteiger partial charge in [0.25, 0.3) is 5.56 Å². The van der Waals surface area contributed by atoms with E-state index in [9.17, 15) is 4.79 Å². The van der Waals surface area contributed by atoms with Gasteiger partial charge in [-0.05, 0) is 36.1 Å². The van der Waals surface area contributed by atoms with E-state index in [2.05, 4.69) is 37.6 Å². The van der Waals surface area contributed by atoms with Crippen molar-refractivity contribution in [3.8, 4) is 11.4 Å². The van der Waals surface area contributed by atoms with Gasteiger partial charge in [-0.1, -0.05) is 39.3 Å². The third-order valence-corrected chi connectivity index (χ3v) is 4.94. The highest BCUT2D eigenvalue weighted by atomic mass is 35.5. The molecule has 0 fully saturated rings. The van der Waals surface area contributed by atoms with E-state index in [0.717, 1.165) is 24.5 Å². The van der Waals surface area contributed by atoms with Crippen LogP contribution >= 0.6 is 11.6 Å². The Morgan fingerprint density at radius 1 is 1.10 bits per heavy atom. The molecule has 0 aliphatic carbocycles. The first kappa shape index (κ1) is 21.4. The molecule has 0 atom stereocenters. The van der Waals surface area contributed by atoms with E-state index < -0.39 is 0 Å². The SMILES string of the molecule is COc1ccc(-n2cc(Cl)n3c(CN(CC(C)C)CC(C)C)cnc3c2=O)cc1. The van der Waals surface area contributed by atoms with Crippen molar-refractivity contribution < 1.29 is 4.74 Å². The predicted molar refractivity (Wildman–Crippen MR) is 117 cm³/mol. The van der Waals surface area contributed by atoms with Crippen LogP contribution in [0.4, 0.5) is 0 Å². The van der Waals surface area contributed by atoms with Crippen LogP contribution in [0.3, 0.4) is 0 Å². The fourth-order valence-electron chi connectivity index (χ4n) is 3.62. The van der Waals surface area contributed by atoms with E-state index in [1.165, 1.54) is 4.57 Å². The van der Waals surface area contributed by atoms with E-state index in [1.807, 2.05) is 24.3 Å². The quantitative estimate of drug-likeness (QED) is 0.550. The minimum Gasteiger partial charge on any atom is -0.497 e. The maximum Gasteiger partial charge on any atom is 0.298 e. The average molecular weight is 417 g/mol. The first-order valence-electron chi connectivity index (χ1n) is 9.94. The zero-order valence-corrected chi connectivity index (χ0v) is 18.5. The van der Waals surface area contributed by atoms with Gasteiger partial charge in [0.1, 0.15) is 10.9 Å². The summed E-state index contributed by atoms with van der Waals surface area (Å²) in [6.45, 7) is 11.5. The molecular formula is C22H29ClN4O2. The highest BCUT2D eigenvalue weighted by Gasteiger charge is 2.17. The number of halogens is 1. The van der Waals surface area contributed by atoms with Gasteiger partial charge in [-0.2, -0.15) is 0 Å². The summed E-state index contributed by atoms with van der Waals surface area (Å²) < 4.78 is 8.47. The second-order valence-corrected chi connectivity index (χ2v) is 8.60. The number of ether oxygens (including phenoxy) is 1. The van der Waals surface area contributed by atoms with Crippen LogP contribution in [0.15, 0.2) is 41.5 Å². The zero-order chi connectivity index (χ0) is 21.1. The molecule has 0 saturated carbocycles. The van der Waals surface area contributed by atoms with Crippen molar-refractivity contribution in [2.45, 2.75) is 34.2 Å². The van der Waals surface area contributed by atoms with Crippen LogP contribution in [0, 0.1) is 11.8 Å². The Balaban J connectivity index is 2.00. The molecule has 2 heterocycles. The van der Waals surface area contributed by atoms with Crippen LogP contribution in [-0.2, 0) is 6.54 Å². The second kappa shape index (κ2) is 9.01. The lowest BCUT2D eigenvalue weighted by molar-refractivity contribution is 0.209. The number of hydrogen-bond acceptors (Lipinski definition) is 4. The second-order valence-electron chi connectivity index (χ2n) is 8.22. The van der Waals surface area contributed by atoms with Crippen LogP contribution in [0.1, 0.15) is 33.4 Å². The largest absolute Gasteiger partial charge is 0.497 e. The lowest BCUT2D eigenvalue weighted by Crippen LogP contribution is -2.31. The molecule has 2 aromatic heterocycles. The minimum atomic E-state index is -0.204. The van der Waals surface area contributed by atoms with Gasteiger partial charge in [-0.15, -0.1) is 0 Å². The number of hydrogen-bond donors (Lipinski definition) is 0. The predicted octanol–water partition coefficient (Wildman–Crippen LogP) is 4.26. The number of nitrogens with zero attached hydrogens (tertiary/aromatic N) is 4. The smallest absolute Gasteiger partial charge is 0.298 e. The van der Waals surface area contributed by atoms with E-state index in [0.29, 0.717) is 34.9 Å². The summed E-state index contributed by atoms with van der Waals surface area (Å²) in [5.74, 6) is 1.83. The number of aromatic nitrogens is 3. The maximum atomic E-state index is 13.1. The van der Waals surface area contributed by atoms with Gasteiger partial charge in [0.2, 0.25) is 5.65 Å². The summed E-state index contributed by atoms with van der Waals surface area (Å²) >= 11 is 6.60. The molecule has 0 unspecified atom stereocenters. The van der Waals surface area contributed by atoms with Crippen LogP contribution in [-0.4, -0.2) is 39.1 Å². The normalized spacial score (nSPS) is 11.9. The fourth-order valence-corrected chi connectivity index (χ4v) is 3.90. The molecule has 3 aromatic rings. The third kappa shape index (κ3) is 4.82. The number of rotatable bonds is 8. The Labute approximate surface area is 176 Å². The molecule has 156 valence electrons. The van der Waals surface area contributed by atoms with Gasteiger partial charge in [0.15, 0.2) is 0 Å². The van der Waals surface area contributed by atoms with E-state index in [4.69, 9.17) is 16.3 Å². The summed E-state index contributed by atoms with van der Waals surface area (Å²) in [6, 6.07) is 7.27. The summed E-state index contributed by atoms with van der Waals surface area (Å²) in [5, 5.41) is 0.456. The van der Waals surface area contributed by atoms with Crippen molar-refractivity contribution in [2.24, 2.45) is 11.8 Å². The number of imidazole rings is 1. The molecule has 0 bridgehead atoms. The van der Waals surface area contributed by atoms with Gasteiger partial charge in [0.05, 0.1) is 19.0 Å². The zero-order valence-electron chi connectivity index (χ0n) is 17.7. The van der Waals surface area contributed by atoms with Crippen molar-refractivity contribution in [3.63, 3.8) is 0 Å². The van der Waals surface area contributed by atoms with Crippen molar-refractivity contribution in [3.05, 3.63) is 57.9 Å². The van der Waals surface area contributed by atoms with Crippen LogP contribution < -0.4 is 10.3 Å². The van der Waals surface area contributed by atoms with Crippen LogP contribution in [0.25, 0.3) is 11.3 Å². The highest BCUT2D eigenvalue weighted by molar-refractivity contribution is 6.29. The van der Waals surface area contributed by atoms with E-state index in [-0.39, 0.29) is 5.56 Å². The highest BCUT2D eigenvalue weighted by Crippen LogP contribution is 2.19. The molecule has 0 aliphatic rings. The van der Waals surface area contributed by atoms with Crippen molar-refractivity contribution >= 4 is 17.2 Å². The van der Waals surface area contributed by atoms with Gasteiger partial charge in [-0.3, -0.25) is 18.7 Å². The molecule has 0 aliphatic heterocycles. The Kier molecular flexibility index (Phi) is 6.65. The topological polar surface area (TPSA) is 51.8 Å². The molecule has 0 saturated heterocycles. The molecule has 0 radical (unpaired) electrons. The minimum absolute atomic E-state index is 0.204. The monoisotopic (exact) mass is 416 g/mol. The molecule has 6 nitrogen and oxygen atoms in total. The summed E-state index contributed by atoms with van der Waals surface area (Å²) in [4.78, 5) is 19.9. The van der Waals surface area contributed by atoms with Crippen molar-refractivity contribution in [2.75, 3.05) is 20.2 Å². The Morgan fingerprint density at radius 2 is 1.72 bits per heavy atom. The third-order valence-electron chi connectivity index (χ3n) is 4.68. The van der Waals surface area contributed by atoms with Crippen molar-refractivity contribution in [1.82, 2.24) is 18.9 Å². The molecule has 0 N–H and O–H groups in total. The molecule has 0 spiro atoms. The van der Waals surface area contributed by atoms with E-state index in [1.54, 1.807) is 23.9 Å². The molecule has 7 heteroatoms. The van der Waals surface area contributed by atoms with Crippen molar-refractivity contribution in [1.29, 1.82) is 0 Å². The van der Waals surface area contributed by atoms with Crippen LogP contribution in [0.5, 0.6) is 5.75 Å². The Hall–Kier alpha value is -2.31. The lowest BCUT2D eigenvalue weighted by atomic mass is 10.1. The Morgan fingerprint density at radius 3 is 2.28 bits per heavy atom. The van der Waals surface area contributed by atoms with Gasteiger partial charge < -0.3 is 4.74 Å². The van der Waals surface area contributed by atoms with Gasteiger partial charge >= 0.3 is 0 Å². The number of benzene rings is 1. The first-order chi connectivity index (χ1) is 13.8. The Bertz CT molecular complexity index is 1010. The number of methoxy groups -OCH3 is 1. The lowest BCUT2D eigenvalue weighted by Gasteiger charge is -2.26. The fraction of sp³-hybridized carbons (Fsp3) is 0.455. The first-order valence-corrected chi connectivity index (χ1v) is 10.3. The molecule has 3 rings (SSSR count).